The van der Waals surface area contributed by atoms with E-state index in [-0.39, 0.29) is 11.3 Å². The molecule has 1 aromatic carbocycles. The molecule has 0 fully saturated rings. The molecule has 0 radical (unpaired) electrons. The molecule has 1 N–H and O–H groups in total. The first kappa shape index (κ1) is 15.2. The summed E-state index contributed by atoms with van der Waals surface area (Å²) in [6.07, 6.45) is -3.78. The first-order chi connectivity index (χ1) is 9.90. The summed E-state index contributed by atoms with van der Waals surface area (Å²) in [5.74, 6) is -0.844. The monoisotopic (exact) mass is 300 g/mol. The smallest absolute Gasteiger partial charge is 0.405 e. The summed E-state index contributed by atoms with van der Waals surface area (Å²) < 4.78 is 54.2. The van der Waals surface area contributed by atoms with Crippen LogP contribution in [0.25, 0.3) is 0 Å². The number of ether oxygens (including phenoxy) is 1. The van der Waals surface area contributed by atoms with Gasteiger partial charge < -0.3 is 10.1 Å². The molecule has 0 aliphatic carbocycles. The minimum atomic E-state index is -4.79. The van der Waals surface area contributed by atoms with Crippen LogP contribution in [0.1, 0.15) is 17.3 Å². The van der Waals surface area contributed by atoms with Crippen LogP contribution in [0.15, 0.2) is 42.6 Å². The molecule has 21 heavy (non-hydrogen) atoms. The Morgan fingerprint density at radius 3 is 2.43 bits per heavy atom. The second-order valence-corrected chi connectivity index (χ2v) is 4.21. The SMILES string of the molecule is CNC(c1ccc(F)cn1)c1ccccc1OC(F)(F)F. The average Bonchev–Trinajstić information content (AvgIpc) is 2.42. The molecule has 2 rings (SSSR count). The normalized spacial score (nSPS) is 13.0. The highest BCUT2D eigenvalue weighted by atomic mass is 19.4. The highest BCUT2D eigenvalue weighted by Gasteiger charge is 2.33. The Hall–Kier alpha value is -2.15. The van der Waals surface area contributed by atoms with Crippen LogP contribution in [0.4, 0.5) is 17.6 Å². The lowest BCUT2D eigenvalue weighted by molar-refractivity contribution is -0.275. The van der Waals surface area contributed by atoms with Crippen LogP contribution in [-0.4, -0.2) is 18.4 Å². The highest BCUT2D eigenvalue weighted by Crippen LogP contribution is 2.32. The van der Waals surface area contributed by atoms with Gasteiger partial charge in [-0.05, 0) is 25.2 Å². The number of pyridine rings is 1. The maximum atomic E-state index is 12.9. The van der Waals surface area contributed by atoms with E-state index in [0.29, 0.717) is 5.69 Å². The highest BCUT2D eigenvalue weighted by molar-refractivity contribution is 5.40. The summed E-state index contributed by atoms with van der Waals surface area (Å²) in [6.45, 7) is 0. The first-order valence-electron chi connectivity index (χ1n) is 6.04. The van der Waals surface area contributed by atoms with Crippen molar-refractivity contribution in [1.82, 2.24) is 10.3 Å². The number of alkyl halides is 3. The van der Waals surface area contributed by atoms with Gasteiger partial charge >= 0.3 is 6.36 Å². The molecule has 0 aliphatic rings. The van der Waals surface area contributed by atoms with E-state index in [4.69, 9.17) is 0 Å². The molecule has 0 bridgehead atoms. The Kier molecular flexibility index (Phi) is 4.42. The van der Waals surface area contributed by atoms with Crippen molar-refractivity contribution in [3.63, 3.8) is 0 Å². The maximum absolute atomic E-state index is 12.9. The van der Waals surface area contributed by atoms with E-state index in [9.17, 15) is 17.6 Å². The molecule has 7 heteroatoms. The van der Waals surface area contributed by atoms with E-state index in [0.717, 1.165) is 6.20 Å². The summed E-state index contributed by atoms with van der Waals surface area (Å²) >= 11 is 0. The number of hydrogen-bond acceptors (Lipinski definition) is 3. The summed E-state index contributed by atoms with van der Waals surface area (Å²) in [5, 5.41) is 2.85. The third-order valence-corrected chi connectivity index (χ3v) is 2.79. The molecule has 3 nitrogen and oxygen atoms in total. The second kappa shape index (κ2) is 6.09. The summed E-state index contributed by atoms with van der Waals surface area (Å²) in [6, 6.07) is 7.69. The van der Waals surface area contributed by atoms with Crippen LogP contribution in [0.5, 0.6) is 5.75 Å². The van der Waals surface area contributed by atoms with Gasteiger partial charge in [0.2, 0.25) is 0 Å². The van der Waals surface area contributed by atoms with Crippen molar-refractivity contribution < 1.29 is 22.3 Å². The van der Waals surface area contributed by atoms with Crippen molar-refractivity contribution in [1.29, 1.82) is 0 Å². The summed E-state index contributed by atoms with van der Waals surface area (Å²) in [5.41, 5.74) is 0.647. The standard InChI is InChI=1S/C14H12F4N2O/c1-19-13(11-7-6-9(15)8-20-11)10-4-2-3-5-12(10)21-14(16,17)18/h2-8,13,19H,1H3. The number of nitrogens with zero attached hydrogens (tertiary/aromatic N) is 1. The fourth-order valence-corrected chi connectivity index (χ4v) is 1.96. The van der Waals surface area contributed by atoms with Gasteiger partial charge in [-0.2, -0.15) is 0 Å². The molecule has 1 unspecified atom stereocenters. The van der Waals surface area contributed by atoms with Gasteiger partial charge in [-0.25, -0.2) is 4.39 Å². The van der Waals surface area contributed by atoms with Crippen molar-refractivity contribution >= 4 is 0 Å². The third-order valence-electron chi connectivity index (χ3n) is 2.79. The number of rotatable bonds is 4. The van der Waals surface area contributed by atoms with Gasteiger partial charge in [-0.15, -0.1) is 13.2 Å². The van der Waals surface area contributed by atoms with Crippen LogP contribution in [0.2, 0.25) is 0 Å². The zero-order valence-electron chi connectivity index (χ0n) is 11.0. The number of hydrogen-bond donors (Lipinski definition) is 1. The fourth-order valence-electron chi connectivity index (χ4n) is 1.96. The van der Waals surface area contributed by atoms with Gasteiger partial charge in [-0.3, -0.25) is 4.98 Å². The van der Waals surface area contributed by atoms with Crippen LogP contribution in [0.3, 0.4) is 0 Å². The zero-order valence-corrected chi connectivity index (χ0v) is 11.0. The molecular formula is C14H12F4N2O. The second-order valence-electron chi connectivity index (χ2n) is 4.21. The Labute approximate surface area is 118 Å². The number of aromatic nitrogens is 1. The quantitative estimate of drug-likeness (QED) is 0.878. The summed E-state index contributed by atoms with van der Waals surface area (Å²) in [7, 11) is 1.57. The molecule has 1 atom stereocenters. The molecule has 0 saturated heterocycles. The van der Waals surface area contributed by atoms with Gasteiger partial charge in [0, 0.05) is 5.56 Å². The largest absolute Gasteiger partial charge is 0.573 e. The van der Waals surface area contributed by atoms with Crippen molar-refractivity contribution in [3.05, 3.63) is 59.7 Å². The molecular weight excluding hydrogens is 288 g/mol. The average molecular weight is 300 g/mol. The topological polar surface area (TPSA) is 34.2 Å². The molecule has 1 heterocycles. The van der Waals surface area contributed by atoms with Gasteiger partial charge in [-0.1, -0.05) is 18.2 Å². The van der Waals surface area contributed by atoms with E-state index in [2.05, 4.69) is 15.0 Å². The van der Waals surface area contributed by atoms with Gasteiger partial charge in [0.25, 0.3) is 0 Å². The van der Waals surface area contributed by atoms with E-state index in [1.807, 2.05) is 0 Å². The lowest BCUT2D eigenvalue weighted by Crippen LogP contribution is -2.23. The van der Waals surface area contributed by atoms with E-state index in [1.54, 1.807) is 13.1 Å². The van der Waals surface area contributed by atoms with Crippen LogP contribution in [0, 0.1) is 5.82 Å². The van der Waals surface area contributed by atoms with Gasteiger partial charge in [0.15, 0.2) is 0 Å². The zero-order chi connectivity index (χ0) is 15.5. The van der Waals surface area contributed by atoms with Crippen molar-refractivity contribution in [2.24, 2.45) is 0 Å². The Balaban J connectivity index is 2.40. The van der Waals surface area contributed by atoms with Crippen LogP contribution >= 0.6 is 0 Å². The Bertz CT molecular complexity index is 599. The molecule has 0 spiro atoms. The summed E-state index contributed by atoms with van der Waals surface area (Å²) in [4.78, 5) is 3.89. The first-order valence-corrected chi connectivity index (χ1v) is 6.04. The van der Waals surface area contributed by atoms with Gasteiger partial charge in [0.1, 0.15) is 11.6 Å². The fraction of sp³-hybridized carbons (Fsp3) is 0.214. The van der Waals surface area contributed by atoms with E-state index in [1.165, 1.54) is 30.3 Å². The predicted molar refractivity (Wildman–Crippen MR) is 68.2 cm³/mol. The molecule has 0 aliphatic heterocycles. The van der Waals surface area contributed by atoms with Crippen molar-refractivity contribution in [2.75, 3.05) is 7.05 Å². The molecule has 112 valence electrons. The van der Waals surface area contributed by atoms with Crippen LogP contribution < -0.4 is 10.1 Å². The number of halogens is 4. The lowest BCUT2D eigenvalue weighted by Gasteiger charge is -2.20. The van der Waals surface area contributed by atoms with Crippen molar-refractivity contribution in [3.8, 4) is 5.75 Å². The predicted octanol–water partition coefficient (Wildman–Crippen LogP) is 3.43. The minimum absolute atomic E-state index is 0.261. The molecule has 0 amide bonds. The lowest BCUT2D eigenvalue weighted by atomic mass is 10.0. The molecule has 2 aromatic rings. The minimum Gasteiger partial charge on any atom is -0.405 e. The number of nitrogens with one attached hydrogen (secondary N) is 1. The van der Waals surface area contributed by atoms with Gasteiger partial charge in [0.05, 0.1) is 17.9 Å². The number of para-hydroxylation sites is 1. The maximum Gasteiger partial charge on any atom is 0.573 e. The molecule has 1 aromatic heterocycles. The van der Waals surface area contributed by atoms with E-state index >= 15 is 0 Å². The Morgan fingerprint density at radius 2 is 1.86 bits per heavy atom. The molecule has 0 saturated carbocycles. The van der Waals surface area contributed by atoms with Crippen LogP contribution in [-0.2, 0) is 0 Å². The Morgan fingerprint density at radius 1 is 1.14 bits per heavy atom. The van der Waals surface area contributed by atoms with Crippen molar-refractivity contribution in [2.45, 2.75) is 12.4 Å². The van der Waals surface area contributed by atoms with E-state index < -0.39 is 18.2 Å². The third kappa shape index (κ3) is 3.91. The number of benzene rings is 1.